The first-order chi connectivity index (χ1) is 14.0. The number of amides is 1. The van der Waals surface area contributed by atoms with Gasteiger partial charge < -0.3 is 10.8 Å². The molecular weight excluding hydrogens is 386 g/mol. The third-order valence-electron chi connectivity index (χ3n) is 4.45. The van der Waals surface area contributed by atoms with E-state index < -0.39 is 5.91 Å². The predicted octanol–water partition coefficient (Wildman–Crippen LogP) is 2.84. The van der Waals surface area contributed by atoms with Gasteiger partial charge in [0.05, 0.1) is 35.1 Å². The molecular formula is C21H17N5O2S. The van der Waals surface area contributed by atoms with Crippen molar-refractivity contribution in [2.75, 3.05) is 0 Å². The fourth-order valence-electron chi connectivity index (χ4n) is 2.72. The first kappa shape index (κ1) is 18.7. The van der Waals surface area contributed by atoms with Crippen LogP contribution < -0.4 is 10.5 Å². The highest BCUT2D eigenvalue weighted by molar-refractivity contribution is 7.07. The number of hydrogen-bond donors (Lipinski definition) is 2. The van der Waals surface area contributed by atoms with E-state index in [1.54, 1.807) is 35.2 Å². The standard InChI is InChI=1S/C21H17N5O2S/c22-10-13-1-3-14(4-2-13)11-24-26-18(12-29-21(26)25-16-6-7-16)15-5-8-19(27)17(9-15)20(23)28/h1-5,8-9,11-12,16,27H,6-7H2,(H2,23,28)/b24-11+,25-21?. The maximum absolute atomic E-state index is 11.6. The molecule has 0 saturated heterocycles. The summed E-state index contributed by atoms with van der Waals surface area (Å²) in [6.07, 6.45) is 3.83. The largest absolute Gasteiger partial charge is 0.507 e. The van der Waals surface area contributed by atoms with Gasteiger partial charge in [0.2, 0.25) is 4.80 Å². The molecule has 7 nitrogen and oxygen atoms in total. The number of nitriles is 1. The van der Waals surface area contributed by atoms with E-state index in [1.165, 1.54) is 17.4 Å². The van der Waals surface area contributed by atoms with Gasteiger partial charge in [0.1, 0.15) is 5.75 Å². The van der Waals surface area contributed by atoms with Crippen LogP contribution in [-0.4, -0.2) is 27.9 Å². The highest BCUT2D eigenvalue weighted by atomic mass is 32.1. The Morgan fingerprint density at radius 1 is 1.28 bits per heavy atom. The predicted molar refractivity (Wildman–Crippen MR) is 111 cm³/mol. The van der Waals surface area contributed by atoms with Crippen LogP contribution in [0.15, 0.2) is 57.9 Å². The number of carbonyl (C=O) groups excluding carboxylic acids is 1. The summed E-state index contributed by atoms with van der Waals surface area (Å²) in [5.74, 6) is -0.859. The molecule has 144 valence electrons. The minimum atomic E-state index is -0.699. The fraction of sp³-hybridized carbons (Fsp3) is 0.143. The van der Waals surface area contributed by atoms with E-state index in [2.05, 4.69) is 11.2 Å². The van der Waals surface area contributed by atoms with Crippen molar-refractivity contribution in [3.8, 4) is 23.1 Å². The molecule has 8 heteroatoms. The van der Waals surface area contributed by atoms with E-state index in [0.29, 0.717) is 17.2 Å². The lowest BCUT2D eigenvalue weighted by Crippen LogP contribution is -2.14. The van der Waals surface area contributed by atoms with Gasteiger partial charge in [0.15, 0.2) is 0 Å². The molecule has 0 atom stereocenters. The van der Waals surface area contributed by atoms with Crippen LogP contribution in [0.4, 0.5) is 0 Å². The maximum atomic E-state index is 11.6. The monoisotopic (exact) mass is 403 g/mol. The van der Waals surface area contributed by atoms with Gasteiger partial charge in [-0.1, -0.05) is 12.1 Å². The summed E-state index contributed by atoms with van der Waals surface area (Å²) in [4.78, 5) is 17.1. The quantitative estimate of drug-likeness (QED) is 0.638. The van der Waals surface area contributed by atoms with Crippen molar-refractivity contribution in [2.24, 2.45) is 15.8 Å². The van der Waals surface area contributed by atoms with Crippen LogP contribution in [0, 0.1) is 11.3 Å². The first-order valence-corrected chi connectivity index (χ1v) is 9.85. The number of benzene rings is 2. The van der Waals surface area contributed by atoms with Crippen molar-refractivity contribution in [1.82, 2.24) is 4.68 Å². The lowest BCUT2D eigenvalue weighted by molar-refractivity contribution is 0.0998. The number of aromatic hydroxyl groups is 1. The summed E-state index contributed by atoms with van der Waals surface area (Å²) >= 11 is 1.46. The highest BCUT2D eigenvalue weighted by Crippen LogP contribution is 2.27. The summed E-state index contributed by atoms with van der Waals surface area (Å²) in [7, 11) is 0. The van der Waals surface area contributed by atoms with Gasteiger partial charge in [-0.05, 0) is 48.7 Å². The third kappa shape index (κ3) is 4.10. The zero-order valence-electron chi connectivity index (χ0n) is 15.3. The van der Waals surface area contributed by atoms with Gasteiger partial charge in [-0.15, -0.1) is 11.3 Å². The van der Waals surface area contributed by atoms with Gasteiger partial charge in [0.25, 0.3) is 5.91 Å². The average Bonchev–Trinajstić information content (AvgIpc) is 3.46. The Balaban J connectivity index is 1.78. The van der Waals surface area contributed by atoms with E-state index in [0.717, 1.165) is 28.9 Å². The van der Waals surface area contributed by atoms with Gasteiger partial charge in [-0.25, -0.2) is 4.68 Å². The molecule has 1 aliphatic rings. The maximum Gasteiger partial charge on any atom is 0.252 e. The molecule has 1 aromatic heterocycles. The molecule has 0 bridgehead atoms. The summed E-state index contributed by atoms with van der Waals surface area (Å²) in [6.45, 7) is 0. The number of aromatic nitrogens is 1. The molecule has 0 unspecified atom stereocenters. The van der Waals surface area contributed by atoms with Crippen molar-refractivity contribution < 1.29 is 9.90 Å². The second-order valence-electron chi connectivity index (χ2n) is 6.65. The van der Waals surface area contributed by atoms with E-state index in [1.807, 2.05) is 17.5 Å². The summed E-state index contributed by atoms with van der Waals surface area (Å²) in [5, 5.41) is 25.3. The van der Waals surface area contributed by atoms with Gasteiger partial charge >= 0.3 is 0 Å². The van der Waals surface area contributed by atoms with Crippen molar-refractivity contribution in [1.29, 1.82) is 5.26 Å². The number of phenols is 1. The molecule has 3 aromatic rings. The van der Waals surface area contributed by atoms with Crippen LogP contribution in [0.1, 0.15) is 34.3 Å². The number of thiazole rings is 1. The van der Waals surface area contributed by atoms with Crippen LogP contribution in [0.2, 0.25) is 0 Å². The average molecular weight is 403 g/mol. The molecule has 1 amide bonds. The lowest BCUT2D eigenvalue weighted by Gasteiger charge is -2.06. The minimum Gasteiger partial charge on any atom is -0.507 e. The summed E-state index contributed by atoms with van der Waals surface area (Å²) in [6, 6.07) is 14.2. The Kier molecular flexibility index (Phi) is 4.97. The van der Waals surface area contributed by atoms with E-state index in [9.17, 15) is 9.90 Å². The molecule has 2 aromatic carbocycles. The van der Waals surface area contributed by atoms with Crippen molar-refractivity contribution >= 4 is 23.5 Å². The summed E-state index contributed by atoms with van der Waals surface area (Å²) in [5.41, 5.74) is 8.27. The number of primary amides is 1. The molecule has 0 spiro atoms. The number of hydrogen-bond acceptors (Lipinski definition) is 6. The number of rotatable bonds is 5. The first-order valence-electron chi connectivity index (χ1n) is 8.97. The molecule has 0 aliphatic heterocycles. The Morgan fingerprint density at radius 2 is 2.03 bits per heavy atom. The highest BCUT2D eigenvalue weighted by Gasteiger charge is 2.21. The lowest BCUT2D eigenvalue weighted by atomic mass is 10.1. The molecule has 4 rings (SSSR count). The zero-order valence-corrected chi connectivity index (χ0v) is 16.1. The number of carbonyl (C=O) groups is 1. The fourth-order valence-corrected chi connectivity index (χ4v) is 3.63. The van der Waals surface area contributed by atoms with Crippen LogP contribution in [0.25, 0.3) is 11.3 Å². The van der Waals surface area contributed by atoms with Crippen molar-refractivity contribution in [2.45, 2.75) is 18.9 Å². The molecule has 1 aliphatic carbocycles. The third-order valence-corrected chi connectivity index (χ3v) is 5.28. The van der Waals surface area contributed by atoms with E-state index in [-0.39, 0.29) is 11.3 Å². The SMILES string of the molecule is N#Cc1ccc(/C=N/n2c(-c3ccc(O)c(C(N)=O)c3)csc2=NC2CC2)cc1. The Morgan fingerprint density at radius 3 is 2.69 bits per heavy atom. The molecule has 29 heavy (non-hydrogen) atoms. The van der Waals surface area contributed by atoms with E-state index in [4.69, 9.17) is 16.0 Å². The smallest absolute Gasteiger partial charge is 0.252 e. The van der Waals surface area contributed by atoms with Crippen LogP contribution in [-0.2, 0) is 0 Å². The molecule has 0 radical (unpaired) electrons. The van der Waals surface area contributed by atoms with Gasteiger partial charge in [-0.2, -0.15) is 10.4 Å². The second-order valence-corrected chi connectivity index (χ2v) is 7.49. The normalized spacial score (nSPS) is 14.2. The number of nitrogens with zero attached hydrogens (tertiary/aromatic N) is 4. The number of nitrogens with two attached hydrogens (primary N) is 1. The zero-order chi connectivity index (χ0) is 20.4. The van der Waals surface area contributed by atoms with Gasteiger partial charge in [-0.3, -0.25) is 9.79 Å². The molecule has 1 fully saturated rings. The topological polar surface area (TPSA) is 117 Å². The molecule has 1 saturated carbocycles. The minimum absolute atomic E-state index is 0.0528. The Labute approximate surface area is 170 Å². The van der Waals surface area contributed by atoms with E-state index >= 15 is 0 Å². The van der Waals surface area contributed by atoms with Crippen molar-refractivity contribution in [3.05, 3.63) is 69.3 Å². The second kappa shape index (κ2) is 7.73. The summed E-state index contributed by atoms with van der Waals surface area (Å²) < 4.78 is 1.72. The molecule has 3 N–H and O–H groups in total. The van der Waals surface area contributed by atoms with Crippen LogP contribution >= 0.6 is 11.3 Å². The van der Waals surface area contributed by atoms with Crippen molar-refractivity contribution in [3.63, 3.8) is 0 Å². The van der Waals surface area contributed by atoms with Crippen LogP contribution in [0.3, 0.4) is 0 Å². The van der Waals surface area contributed by atoms with Crippen LogP contribution in [0.5, 0.6) is 5.75 Å². The molecule has 1 heterocycles. The van der Waals surface area contributed by atoms with Gasteiger partial charge in [0, 0.05) is 10.9 Å². The Bertz CT molecular complexity index is 1210. The Hall–Kier alpha value is -3.70.